The second-order valence-electron chi connectivity index (χ2n) is 8.03. The lowest BCUT2D eigenvalue weighted by atomic mass is 9.65. The number of benzene rings is 1. The fourth-order valence-electron chi connectivity index (χ4n) is 3.21. The van der Waals surface area contributed by atoms with E-state index >= 15 is 0 Å². The molecule has 134 valence electrons. The third kappa shape index (κ3) is 3.53. The average Bonchev–Trinajstić information content (AvgIpc) is 2.43. The van der Waals surface area contributed by atoms with Crippen LogP contribution in [0.25, 0.3) is 0 Å². The number of carbonyl (C=O) groups excluding carboxylic acids is 1. The number of β-amino-alcohol motifs (C(OH)–C–C–N with tert-alkyl or cyclic N) is 1. The van der Waals surface area contributed by atoms with E-state index in [-0.39, 0.29) is 13.1 Å². The molecular formula is C18H26ClNO4. The third-order valence-corrected chi connectivity index (χ3v) is 4.68. The van der Waals surface area contributed by atoms with Crippen LogP contribution >= 0.6 is 11.6 Å². The maximum absolute atomic E-state index is 12.3. The zero-order valence-electron chi connectivity index (χ0n) is 14.8. The van der Waals surface area contributed by atoms with Gasteiger partial charge in [0.05, 0.1) is 6.54 Å². The van der Waals surface area contributed by atoms with Crippen LogP contribution in [0, 0.1) is 5.41 Å². The second kappa shape index (κ2) is 6.21. The Labute approximate surface area is 148 Å². The number of aliphatic hydroxyl groups excluding tert-OH is 1. The molecule has 2 atom stereocenters. The lowest BCUT2D eigenvalue weighted by Gasteiger charge is -2.53. The fourth-order valence-corrected chi connectivity index (χ4v) is 3.33. The van der Waals surface area contributed by atoms with E-state index < -0.39 is 28.8 Å². The van der Waals surface area contributed by atoms with Crippen LogP contribution in [0.5, 0.6) is 0 Å². The predicted octanol–water partition coefficient (Wildman–Crippen LogP) is 3.17. The Morgan fingerprint density at radius 3 is 2.29 bits per heavy atom. The van der Waals surface area contributed by atoms with Crippen LogP contribution in [0.15, 0.2) is 24.3 Å². The Morgan fingerprint density at radius 2 is 1.83 bits per heavy atom. The van der Waals surface area contributed by atoms with Crippen molar-refractivity contribution in [2.24, 2.45) is 5.41 Å². The van der Waals surface area contributed by atoms with Crippen molar-refractivity contribution >= 4 is 17.7 Å². The summed E-state index contributed by atoms with van der Waals surface area (Å²) >= 11 is 5.92. The molecule has 0 aliphatic carbocycles. The highest BCUT2D eigenvalue weighted by Crippen LogP contribution is 2.46. The third-order valence-electron chi connectivity index (χ3n) is 4.43. The largest absolute Gasteiger partial charge is 0.444 e. The molecule has 1 amide bonds. The van der Waals surface area contributed by atoms with Gasteiger partial charge < -0.3 is 19.8 Å². The van der Waals surface area contributed by atoms with Crippen molar-refractivity contribution in [3.8, 4) is 0 Å². The summed E-state index contributed by atoms with van der Waals surface area (Å²) in [5.74, 6) is 0. The van der Waals surface area contributed by atoms with Crippen molar-refractivity contribution in [3.63, 3.8) is 0 Å². The van der Waals surface area contributed by atoms with Crippen LogP contribution in [0.2, 0.25) is 5.02 Å². The predicted molar refractivity (Wildman–Crippen MR) is 92.9 cm³/mol. The molecule has 0 unspecified atom stereocenters. The molecule has 0 bridgehead atoms. The Balaban J connectivity index is 2.30. The van der Waals surface area contributed by atoms with Crippen LogP contribution in [0.3, 0.4) is 0 Å². The van der Waals surface area contributed by atoms with E-state index in [2.05, 4.69) is 0 Å². The highest BCUT2D eigenvalue weighted by Gasteiger charge is 2.55. The molecule has 1 heterocycles. The van der Waals surface area contributed by atoms with Gasteiger partial charge >= 0.3 is 6.09 Å². The highest BCUT2D eigenvalue weighted by atomic mass is 35.5. The van der Waals surface area contributed by atoms with Crippen molar-refractivity contribution in [2.45, 2.75) is 51.9 Å². The van der Waals surface area contributed by atoms with Gasteiger partial charge in [-0.25, -0.2) is 4.79 Å². The number of halogens is 1. The normalized spacial score (nSPS) is 27.0. The Kier molecular flexibility index (Phi) is 4.92. The van der Waals surface area contributed by atoms with Crippen LogP contribution in [-0.4, -0.2) is 46.0 Å². The summed E-state index contributed by atoms with van der Waals surface area (Å²) in [6.07, 6.45) is -1.64. The number of rotatable bonds is 1. The Bertz CT molecular complexity index is 608. The number of likely N-dealkylation sites (tertiary alicyclic amines) is 1. The van der Waals surface area contributed by atoms with E-state index in [1.165, 1.54) is 4.90 Å². The molecule has 24 heavy (non-hydrogen) atoms. The minimum absolute atomic E-state index is 0.00251. The maximum atomic E-state index is 12.3. The molecular weight excluding hydrogens is 330 g/mol. The molecule has 1 aliphatic heterocycles. The lowest BCUT2D eigenvalue weighted by molar-refractivity contribution is -0.193. The number of piperidine rings is 1. The number of nitrogens with zero attached hydrogens (tertiary/aromatic N) is 1. The summed E-state index contributed by atoms with van der Waals surface area (Å²) in [5.41, 5.74) is -2.31. The lowest BCUT2D eigenvalue weighted by Crippen LogP contribution is -2.64. The smallest absolute Gasteiger partial charge is 0.410 e. The van der Waals surface area contributed by atoms with Crippen LogP contribution in [0.4, 0.5) is 4.79 Å². The van der Waals surface area contributed by atoms with E-state index in [1.54, 1.807) is 45.0 Å². The summed E-state index contributed by atoms with van der Waals surface area (Å²) in [6, 6.07) is 6.77. The molecule has 6 heteroatoms. The first-order valence-corrected chi connectivity index (χ1v) is 8.39. The fraction of sp³-hybridized carbons (Fsp3) is 0.611. The molecule has 1 saturated heterocycles. The molecule has 1 aromatic rings. The number of hydrogen-bond acceptors (Lipinski definition) is 4. The number of aliphatic hydroxyl groups is 2. The Hall–Kier alpha value is -1.30. The SMILES string of the molecule is CC(C)(C)OC(=O)N1C[C@H](O)[C@@](O)(c2ccc(Cl)cc2)C(C)(C)C1. The van der Waals surface area contributed by atoms with Crippen molar-refractivity contribution in [1.82, 2.24) is 4.90 Å². The number of carbonyl (C=O) groups is 1. The van der Waals surface area contributed by atoms with Gasteiger partial charge in [-0.3, -0.25) is 0 Å². The summed E-state index contributed by atoms with van der Waals surface area (Å²) in [6.45, 7) is 9.28. The van der Waals surface area contributed by atoms with Crippen molar-refractivity contribution in [3.05, 3.63) is 34.9 Å². The minimum atomic E-state index is -1.49. The molecule has 2 N–H and O–H groups in total. The zero-order chi connectivity index (χ0) is 18.3. The average molecular weight is 356 g/mol. The van der Waals surface area contributed by atoms with E-state index in [9.17, 15) is 15.0 Å². The van der Waals surface area contributed by atoms with Gasteiger partial charge in [-0.2, -0.15) is 0 Å². The van der Waals surface area contributed by atoms with Crippen molar-refractivity contribution in [1.29, 1.82) is 0 Å². The van der Waals surface area contributed by atoms with E-state index in [0.717, 1.165) is 0 Å². The van der Waals surface area contributed by atoms with Gasteiger partial charge in [-0.05, 0) is 38.5 Å². The van der Waals surface area contributed by atoms with Gasteiger partial charge in [-0.15, -0.1) is 0 Å². The first-order chi connectivity index (χ1) is 10.9. The van der Waals surface area contributed by atoms with Gasteiger partial charge in [0.25, 0.3) is 0 Å². The van der Waals surface area contributed by atoms with Crippen LogP contribution < -0.4 is 0 Å². The zero-order valence-corrected chi connectivity index (χ0v) is 15.6. The van der Waals surface area contributed by atoms with Crippen LogP contribution in [0.1, 0.15) is 40.2 Å². The number of ether oxygens (including phenoxy) is 1. The number of hydrogen-bond donors (Lipinski definition) is 2. The first kappa shape index (κ1) is 19.0. The second-order valence-corrected chi connectivity index (χ2v) is 8.47. The monoisotopic (exact) mass is 355 g/mol. The van der Waals surface area contributed by atoms with Gasteiger partial charge in [0.2, 0.25) is 0 Å². The van der Waals surface area contributed by atoms with E-state index in [0.29, 0.717) is 10.6 Å². The van der Waals surface area contributed by atoms with Gasteiger partial charge in [0.15, 0.2) is 0 Å². The molecule has 0 aromatic heterocycles. The molecule has 0 radical (unpaired) electrons. The molecule has 5 nitrogen and oxygen atoms in total. The van der Waals surface area contributed by atoms with Gasteiger partial charge in [-0.1, -0.05) is 37.6 Å². The van der Waals surface area contributed by atoms with Gasteiger partial charge in [0, 0.05) is 17.0 Å². The molecule has 2 rings (SSSR count). The van der Waals surface area contributed by atoms with E-state index in [1.807, 2.05) is 13.8 Å². The summed E-state index contributed by atoms with van der Waals surface area (Å²) < 4.78 is 5.39. The molecule has 1 fully saturated rings. The quantitative estimate of drug-likeness (QED) is 0.811. The maximum Gasteiger partial charge on any atom is 0.410 e. The molecule has 1 aliphatic rings. The molecule has 0 spiro atoms. The van der Waals surface area contributed by atoms with Gasteiger partial charge in [0.1, 0.15) is 17.3 Å². The summed E-state index contributed by atoms with van der Waals surface area (Å²) in [7, 11) is 0. The topological polar surface area (TPSA) is 70.0 Å². The Morgan fingerprint density at radius 1 is 1.29 bits per heavy atom. The first-order valence-electron chi connectivity index (χ1n) is 8.01. The standard InChI is InChI=1S/C18H26ClNO4/c1-16(2,3)24-15(22)20-10-14(21)18(23,17(4,5)11-20)12-6-8-13(19)9-7-12/h6-9,14,21,23H,10-11H2,1-5H3/t14-,18-/m0/s1. The summed E-state index contributed by atoms with van der Waals surface area (Å²) in [4.78, 5) is 13.8. The van der Waals surface area contributed by atoms with Crippen molar-refractivity contribution in [2.75, 3.05) is 13.1 Å². The molecule has 0 saturated carbocycles. The summed E-state index contributed by atoms with van der Waals surface area (Å²) in [5, 5.41) is 22.5. The number of amides is 1. The van der Waals surface area contributed by atoms with Crippen LogP contribution in [-0.2, 0) is 10.3 Å². The highest BCUT2D eigenvalue weighted by molar-refractivity contribution is 6.30. The van der Waals surface area contributed by atoms with Crippen molar-refractivity contribution < 1.29 is 19.7 Å². The van der Waals surface area contributed by atoms with E-state index in [4.69, 9.17) is 16.3 Å². The minimum Gasteiger partial charge on any atom is -0.444 e. The molecule has 1 aromatic carbocycles.